The molecule has 0 saturated carbocycles. The van der Waals surface area contributed by atoms with Gasteiger partial charge in [-0.2, -0.15) is 23.4 Å². The minimum atomic E-state index is -4.60. The van der Waals surface area contributed by atoms with Crippen LogP contribution in [0.3, 0.4) is 0 Å². The van der Waals surface area contributed by atoms with Crippen LogP contribution in [-0.2, 0) is 17.7 Å². The van der Waals surface area contributed by atoms with Gasteiger partial charge in [0.1, 0.15) is 11.9 Å². The summed E-state index contributed by atoms with van der Waals surface area (Å²) >= 11 is 0. The van der Waals surface area contributed by atoms with Crippen LogP contribution < -0.4 is 15.4 Å². The molecular formula is C24H28F3N5O4. The summed E-state index contributed by atoms with van der Waals surface area (Å²) in [4.78, 5) is 26.3. The quantitative estimate of drug-likeness (QED) is 0.412. The largest absolute Gasteiger partial charge is 0.496 e. The molecule has 0 spiro atoms. The van der Waals surface area contributed by atoms with Crippen molar-refractivity contribution in [2.24, 2.45) is 10.2 Å². The van der Waals surface area contributed by atoms with E-state index in [-0.39, 0.29) is 18.7 Å². The van der Waals surface area contributed by atoms with Gasteiger partial charge in [-0.1, -0.05) is 19.4 Å². The third-order valence-corrected chi connectivity index (χ3v) is 5.35. The molecule has 1 aromatic rings. The highest BCUT2D eigenvalue weighted by atomic mass is 19.4. The van der Waals surface area contributed by atoms with Gasteiger partial charge in [0.05, 0.1) is 24.6 Å². The van der Waals surface area contributed by atoms with Crippen molar-refractivity contribution in [2.45, 2.75) is 45.1 Å². The predicted molar refractivity (Wildman–Crippen MR) is 128 cm³/mol. The van der Waals surface area contributed by atoms with E-state index in [4.69, 9.17) is 4.74 Å². The first-order valence-corrected chi connectivity index (χ1v) is 11.4. The Balaban J connectivity index is 1.67. The molecule has 2 N–H and O–H groups in total. The zero-order valence-corrected chi connectivity index (χ0v) is 20.0. The number of nitrogens with one attached hydrogen (secondary N) is 2. The number of ether oxygens (including phenoxy) is 2. The molecular weight excluding hydrogens is 479 g/mol. The molecule has 1 atom stereocenters. The Morgan fingerprint density at radius 3 is 2.81 bits per heavy atom. The number of unbranched alkanes of at least 4 members (excludes halogenated alkanes) is 1. The van der Waals surface area contributed by atoms with Crippen molar-refractivity contribution in [2.75, 3.05) is 20.3 Å². The summed E-state index contributed by atoms with van der Waals surface area (Å²) in [5.41, 5.74) is 2.35. The lowest BCUT2D eigenvalue weighted by molar-refractivity contribution is -0.162. The number of benzene rings is 1. The number of carbonyl (C=O) groups excluding carboxylic acids is 2. The number of dihydropyridines is 1. The smallest absolute Gasteiger partial charge is 0.422 e. The number of allylic oxidation sites excluding steroid dienone is 3. The average Bonchev–Trinajstić information content (AvgIpc) is 2.85. The maximum atomic E-state index is 13.1. The van der Waals surface area contributed by atoms with Gasteiger partial charge in [-0.15, -0.1) is 0 Å². The van der Waals surface area contributed by atoms with Crippen molar-refractivity contribution in [1.29, 1.82) is 0 Å². The first-order chi connectivity index (χ1) is 17.2. The number of amides is 2. The molecule has 1 unspecified atom stereocenters. The molecule has 0 saturated heterocycles. The maximum absolute atomic E-state index is 13.1. The van der Waals surface area contributed by atoms with Crippen LogP contribution in [0.2, 0.25) is 0 Å². The molecule has 1 aromatic carbocycles. The van der Waals surface area contributed by atoms with Gasteiger partial charge in [0, 0.05) is 19.3 Å². The Kier molecular flexibility index (Phi) is 9.09. The second-order valence-electron chi connectivity index (χ2n) is 8.10. The molecule has 9 nitrogen and oxygen atoms in total. The number of hydrogen-bond donors (Lipinski definition) is 2. The highest BCUT2D eigenvalue weighted by Crippen LogP contribution is 2.29. The summed E-state index contributed by atoms with van der Waals surface area (Å²) in [5.74, 6) is -0.0885. The first-order valence-electron chi connectivity index (χ1n) is 11.4. The summed E-state index contributed by atoms with van der Waals surface area (Å²) in [7, 11) is 1.44. The van der Waals surface area contributed by atoms with Crippen LogP contribution in [0.4, 0.5) is 18.0 Å². The Hall–Kier alpha value is -3.83. The number of hydrogen-bond acceptors (Lipinski definition) is 7. The maximum Gasteiger partial charge on any atom is 0.422 e. The number of rotatable bonds is 8. The number of fused-ring (bicyclic) bond motifs is 1. The zero-order chi connectivity index (χ0) is 26.1. The number of halogens is 3. The van der Waals surface area contributed by atoms with Crippen molar-refractivity contribution in [3.63, 3.8) is 0 Å². The van der Waals surface area contributed by atoms with Crippen LogP contribution in [0.25, 0.3) is 0 Å². The molecule has 0 fully saturated rings. The fraction of sp³-hybridized carbons (Fsp3) is 0.417. The van der Waals surface area contributed by atoms with Gasteiger partial charge in [-0.05, 0) is 48.3 Å². The van der Waals surface area contributed by atoms with E-state index in [1.807, 2.05) is 6.92 Å². The van der Waals surface area contributed by atoms with Gasteiger partial charge in [0.15, 0.2) is 6.61 Å². The predicted octanol–water partition coefficient (Wildman–Crippen LogP) is 3.71. The summed E-state index contributed by atoms with van der Waals surface area (Å²) in [6.45, 7) is 0.590. The average molecular weight is 508 g/mol. The molecule has 2 amide bonds. The van der Waals surface area contributed by atoms with E-state index >= 15 is 0 Å². The molecule has 2 heterocycles. The molecule has 0 bridgehead atoms. The number of nitrogens with zero attached hydrogens (tertiary/aromatic N) is 3. The lowest BCUT2D eigenvalue weighted by Crippen LogP contribution is -2.45. The molecule has 0 aromatic heterocycles. The molecule has 0 radical (unpaired) electrons. The Morgan fingerprint density at radius 1 is 1.28 bits per heavy atom. The number of carbonyl (C=O) groups is 2. The van der Waals surface area contributed by atoms with E-state index in [0.29, 0.717) is 23.4 Å². The standard InChI is InChI=1S/C24H28F3N5O4/c1-3-4-9-28-29-13-18-6-5-7-21(30-18)31-22(33)19-11-17-14-32(23(34)36-15-24(25,26)27)10-8-16(17)12-20(19)35-2/h5-7,9,11-13,21,30H,3-4,8,10,14-15H2,1-2H3,(H,31,33). The van der Waals surface area contributed by atoms with E-state index in [1.165, 1.54) is 12.0 Å². The minimum absolute atomic E-state index is 0.0137. The van der Waals surface area contributed by atoms with Gasteiger partial charge in [0.25, 0.3) is 5.91 Å². The Labute approximate surface area is 206 Å². The topological polar surface area (TPSA) is 105 Å². The Bertz CT molecular complexity index is 1080. The van der Waals surface area contributed by atoms with Gasteiger partial charge < -0.3 is 25.0 Å². The van der Waals surface area contributed by atoms with Gasteiger partial charge in [0.2, 0.25) is 0 Å². The van der Waals surface area contributed by atoms with Crippen molar-refractivity contribution in [1.82, 2.24) is 15.5 Å². The highest BCUT2D eigenvalue weighted by molar-refractivity contribution is 5.97. The van der Waals surface area contributed by atoms with Crippen molar-refractivity contribution >= 4 is 24.4 Å². The second-order valence-corrected chi connectivity index (χ2v) is 8.10. The van der Waals surface area contributed by atoms with Gasteiger partial charge >= 0.3 is 12.3 Å². The molecule has 36 heavy (non-hydrogen) atoms. The second kappa shape index (κ2) is 12.2. The van der Waals surface area contributed by atoms with E-state index in [0.717, 1.165) is 18.4 Å². The molecule has 194 valence electrons. The summed E-state index contributed by atoms with van der Waals surface area (Å²) < 4.78 is 46.9. The van der Waals surface area contributed by atoms with Crippen LogP contribution in [0.5, 0.6) is 5.75 Å². The lowest BCUT2D eigenvalue weighted by Gasteiger charge is -2.29. The van der Waals surface area contributed by atoms with E-state index in [1.54, 1.807) is 42.8 Å². The van der Waals surface area contributed by atoms with Crippen LogP contribution in [-0.4, -0.2) is 61.9 Å². The monoisotopic (exact) mass is 507 g/mol. The minimum Gasteiger partial charge on any atom is -0.496 e. The third kappa shape index (κ3) is 7.59. The summed E-state index contributed by atoms with van der Waals surface area (Å²) in [6.07, 6.45) is 4.56. The third-order valence-electron chi connectivity index (χ3n) is 5.35. The van der Waals surface area contributed by atoms with Crippen molar-refractivity contribution in [3.8, 4) is 5.75 Å². The van der Waals surface area contributed by atoms with E-state index in [2.05, 4.69) is 25.6 Å². The summed E-state index contributed by atoms with van der Waals surface area (Å²) in [5, 5.41) is 13.9. The van der Waals surface area contributed by atoms with Crippen molar-refractivity contribution < 1.29 is 32.2 Å². The zero-order valence-electron chi connectivity index (χ0n) is 20.0. The number of methoxy groups -OCH3 is 1. The van der Waals surface area contributed by atoms with Crippen molar-refractivity contribution in [3.05, 3.63) is 52.7 Å². The van der Waals surface area contributed by atoms with Crippen LogP contribution in [0.15, 0.2) is 46.3 Å². The van der Waals surface area contributed by atoms with E-state index in [9.17, 15) is 22.8 Å². The molecule has 2 aliphatic heterocycles. The first kappa shape index (κ1) is 26.8. The van der Waals surface area contributed by atoms with Crippen LogP contribution >= 0.6 is 0 Å². The fourth-order valence-electron chi connectivity index (χ4n) is 3.58. The van der Waals surface area contributed by atoms with Crippen LogP contribution in [0.1, 0.15) is 41.3 Å². The van der Waals surface area contributed by atoms with Gasteiger partial charge in [-0.25, -0.2) is 4.79 Å². The van der Waals surface area contributed by atoms with Gasteiger partial charge in [-0.3, -0.25) is 4.79 Å². The number of alkyl halides is 3. The Morgan fingerprint density at radius 2 is 2.08 bits per heavy atom. The molecule has 0 aliphatic carbocycles. The fourth-order valence-corrected chi connectivity index (χ4v) is 3.58. The SMILES string of the molecule is CCCC=NN=CC1=CC=CC(NC(=O)c2cc3c(cc2OC)CCN(C(=O)OCC(F)(F)F)C3)N1. The highest BCUT2D eigenvalue weighted by Gasteiger charge is 2.32. The summed E-state index contributed by atoms with van der Waals surface area (Å²) in [6, 6.07) is 3.29. The molecule has 2 aliphatic rings. The van der Waals surface area contributed by atoms with E-state index < -0.39 is 30.9 Å². The van der Waals surface area contributed by atoms with Crippen LogP contribution in [0, 0.1) is 0 Å². The normalized spacial score (nSPS) is 17.5. The molecule has 3 rings (SSSR count). The molecule has 12 heteroatoms. The lowest BCUT2D eigenvalue weighted by atomic mass is 9.96.